The number of fused-ring (bicyclic) bond motifs is 1. The number of allylic oxidation sites excluding steroid dienone is 1. The summed E-state index contributed by atoms with van der Waals surface area (Å²) in [5, 5.41) is 14.5. The molecule has 1 N–H and O–H groups in total. The van der Waals surface area contributed by atoms with Gasteiger partial charge in [-0.3, -0.25) is 4.79 Å². The van der Waals surface area contributed by atoms with Crippen molar-refractivity contribution >= 4 is 17.7 Å². The van der Waals surface area contributed by atoms with Crippen LogP contribution in [0.3, 0.4) is 0 Å². The van der Waals surface area contributed by atoms with Gasteiger partial charge in [-0.1, -0.05) is 5.10 Å². The Kier molecular flexibility index (Phi) is 5.94. The minimum Gasteiger partial charge on any atom is -0.497 e. The summed E-state index contributed by atoms with van der Waals surface area (Å²) >= 11 is 0. The van der Waals surface area contributed by atoms with Gasteiger partial charge in [0.15, 0.2) is 5.78 Å². The van der Waals surface area contributed by atoms with E-state index in [4.69, 9.17) is 18.9 Å². The second kappa shape index (κ2) is 8.99. The number of rotatable bonds is 7. The molecule has 170 valence electrons. The maximum absolute atomic E-state index is 13.8. The van der Waals surface area contributed by atoms with Crippen LogP contribution in [0, 0.1) is 0 Å². The summed E-state index contributed by atoms with van der Waals surface area (Å²) in [6.07, 6.45) is 0. The number of aromatic nitrogens is 4. The van der Waals surface area contributed by atoms with Crippen molar-refractivity contribution in [3.05, 3.63) is 64.9 Å². The first-order valence-corrected chi connectivity index (χ1v) is 9.80. The zero-order valence-corrected chi connectivity index (χ0v) is 18.4. The molecule has 0 fully saturated rings. The van der Waals surface area contributed by atoms with Gasteiger partial charge >= 0.3 is 5.97 Å². The van der Waals surface area contributed by atoms with E-state index in [1.54, 1.807) is 42.5 Å². The first kappa shape index (κ1) is 21.8. The largest absolute Gasteiger partial charge is 0.497 e. The van der Waals surface area contributed by atoms with E-state index in [9.17, 15) is 9.59 Å². The molecule has 0 radical (unpaired) electrons. The van der Waals surface area contributed by atoms with Gasteiger partial charge in [0.05, 0.1) is 34.0 Å². The van der Waals surface area contributed by atoms with Gasteiger partial charge in [0, 0.05) is 17.2 Å². The van der Waals surface area contributed by atoms with E-state index < -0.39 is 17.8 Å². The monoisotopic (exact) mass is 451 g/mol. The fourth-order valence-electron chi connectivity index (χ4n) is 3.62. The number of ketones is 1. The van der Waals surface area contributed by atoms with Gasteiger partial charge in [-0.15, -0.1) is 0 Å². The third-order valence-corrected chi connectivity index (χ3v) is 5.24. The van der Waals surface area contributed by atoms with Crippen molar-refractivity contribution in [2.24, 2.45) is 0 Å². The molecule has 0 saturated heterocycles. The van der Waals surface area contributed by atoms with E-state index in [1.807, 2.05) is 0 Å². The highest BCUT2D eigenvalue weighted by molar-refractivity contribution is 6.15. The zero-order valence-electron chi connectivity index (χ0n) is 18.4. The number of nitrogens with one attached hydrogen (secondary N) is 1. The van der Waals surface area contributed by atoms with Crippen LogP contribution in [0.4, 0.5) is 5.95 Å². The molecule has 33 heavy (non-hydrogen) atoms. The van der Waals surface area contributed by atoms with Crippen LogP contribution in [-0.4, -0.2) is 60.4 Å². The SMILES string of the molecule is COC(=O)C1=C(C(=O)c2ccc(OC)cc2)[C@H](c2ccc(OC)cc2OC)n2nnnc2N1. The molecule has 2 aromatic carbocycles. The predicted octanol–water partition coefficient (Wildman–Crippen LogP) is 2.02. The summed E-state index contributed by atoms with van der Waals surface area (Å²) in [4.78, 5) is 26.5. The molecule has 2 heterocycles. The molecular weight excluding hydrogens is 430 g/mol. The summed E-state index contributed by atoms with van der Waals surface area (Å²) in [7, 11) is 5.79. The lowest BCUT2D eigenvalue weighted by Gasteiger charge is -2.29. The Morgan fingerprint density at radius 1 is 0.939 bits per heavy atom. The van der Waals surface area contributed by atoms with Gasteiger partial charge in [-0.05, 0) is 46.8 Å². The number of Topliss-reactive ketones (excluding diaryl/α,β-unsaturated/α-hetero) is 1. The number of ether oxygens (including phenoxy) is 4. The van der Waals surface area contributed by atoms with Crippen LogP contribution in [-0.2, 0) is 9.53 Å². The molecule has 11 nitrogen and oxygen atoms in total. The third-order valence-electron chi connectivity index (χ3n) is 5.24. The summed E-state index contributed by atoms with van der Waals surface area (Å²) in [5.41, 5.74) is 0.911. The topological polar surface area (TPSA) is 127 Å². The molecule has 0 unspecified atom stereocenters. The maximum atomic E-state index is 13.8. The molecule has 0 aliphatic carbocycles. The van der Waals surface area contributed by atoms with Crippen molar-refractivity contribution in [3.63, 3.8) is 0 Å². The number of nitrogens with zero attached hydrogens (tertiary/aromatic N) is 4. The Labute approximate surface area is 188 Å². The molecule has 1 aliphatic heterocycles. The number of anilines is 1. The van der Waals surface area contributed by atoms with Crippen molar-refractivity contribution in [3.8, 4) is 17.2 Å². The number of carbonyl (C=O) groups is 2. The Bertz CT molecular complexity index is 1230. The normalized spacial score (nSPS) is 14.7. The lowest BCUT2D eigenvalue weighted by molar-refractivity contribution is -0.136. The van der Waals surface area contributed by atoms with Crippen molar-refractivity contribution in [1.82, 2.24) is 20.2 Å². The summed E-state index contributed by atoms with van der Waals surface area (Å²) in [6, 6.07) is 10.8. The average molecular weight is 451 g/mol. The van der Waals surface area contributed by atoms with Gasteiger partial charge in [0.25, 0.3) is 0 Å². The smallest absolute Gasteiger partial charge is 0.355 e. The molecule has 0 saturated carbocycles. The number of esters is 1. The van der Waals surface area contributed by atoms with Crippen LogP contribution in [0.1, 0.15) is 22.0 Å². The first-order valence-electron chi connectivity index (χ1n) is 9.80. The molecule has 1 aliphatic rings. The van der Waals surface area contributed by atoms with Gasteiger partial charge in [-0.2, -0.15) is 4.68 Å². The number of hydrogen-bond donors (Lipinski definition) is 1. The fraction of sp³-hybridized carbons (Fsp3) is 0.227. The molecule has 4 rings (SSSR count). The Hall–Kier alpha value is -4.41. The molecule has 1 atom stereocenters. The van der Waals surface area contributed by atoms with Crippen molar-refractivity contribution in [2.45, 2.75) is 6.04 Å². The van der Waals surface area contributed by atoms with E-state index >= 15 is 0 Å². The van der Waals surface area contributed by atoms with Crippen LogP contribution in [0.25, 0.3) is 0 Å². The molecule has 0 amide bonds. The number of tetrazole rings is 1. The highest BCUT2D eigenvalue weighted by Gasteiger charge is 2.39. The number of hydrogen-bond acceptors (Lipinski definition) is 10. The van der Waals surface area contributed by atoms with Gasteiger partial charge in [0.1, 0.15) is 29.0 Å². The Balaban J connectivity index is 1.95. The fourth-order valence-corrected chi connectivity index (χ4v) is 3.62. The van der Waals surface area contributed by atoms with Crippen LogP contribution in [0.5, 0.6) is 17.2 Å². The van der Waals surface area contributed by atoms with Gasteiger partial charge in [-0.25, -0.2) is 4.79 Å². The molecular formula is C22H21N5O6. The lowest BCUT2D eigenvalue weighted by atomic mass is 9.89. The summed E-state index contributed by atoms with van der Waals surface area (Å²) in [6.45, 7) is 0. The van der Waals surface area contributed by atoms with Crippen molar-refractivity contribution in [2.75, 3.05) is 33.8 Å². The lowest BCUT2D eigenvalue weighted by Crippen LogP contribution is -2.33. The average Bonchev–Trinajstić information content (AvgIpc) is 3.34. The standard InChI is InChI=1S/C22H21N5O6/c1-30-13-7-5-12(6-8-13)20(28)17-18(21(29)33-4)23-22-24-25-26-27(22)19(17)15-10-9-14(31-2)11-16(15)32-3/h5-11,19H,1-4H3,(H,23,24,26)/t19-/m0/s1. The zero-order chi connectivity index (χ0) is 23.5. The summed E-state index contributed by atoms with van der Waals surface area (Å²) < 4.78 is 22.4. The number of carbonyl (C=O) groups excluding carboxylic acids is 2. The highest BCUT2D eigenvalue weighted by atomic mass is 16.5. The quantitative estimate of drug-likeness (QED) is 0.421. The maximum Gasteiger partial charge on any atom is 0.355 e. The first-order chi connectivity index (χ1) is 16.0. The van der Waals surface area contributed by atoms with Crippen LogP contribution in [0.2, 0.25) is 0 Å². The van der Waals surface area contributed by atoms with Crippen molar-refractivity contribution < 1.29 is 28.5 Å². The number of methoxy groups -OCH3 is 4. The molecule has 1 aromatic heterocycles. The van der Waals surface area contributed by atoms with Gasteiger partial charge in [0.2, 0.25) is 5.95 Å². The highest BCUT2D eigenvalue weighted by Crippen LogP contribution is 2.41. The van der Waals surface area contributed by atoms with E-state index in [0.29, 0.717) is 28.4 Å². The predicted molar refractivity (Wildman–Crippen MR) is 115 cm³/mol. The Morgan fingerprint density at radius 2 is 1.64 bits per heavy atom. The summed E-state index contributed by atoms with van der Waals surface area (Å²) in [5.74, 6) is 0.581. The Morgan fingerprint density at radius 3 is 2.27 bits per heavy atom. The van der Waals surface area contributed by atoms with E-state index in [-0.39, 0.29) is 17.2 Å². The van der Waals surface area contributed by atoms with E-state index in [0.717, 1.165) is 0 Å². The van der Waals surface area contributed by atoms with Gasteiger partial charge < -0.3 is 24.3 Å². The van der Waals surface area contributed by atoms with Crippen LogP contribution < -0.4 is 19.5 Å². The molecule has 3 aromatic rings. The third kappa shape index (κ3) is 3.84. The number of benzene rings is 2. The minimum atomic E-state index is -0.888. The molecule has 0 spiro atoms. The van der Waals surface area contributed by atoms with Crippen LogP contribution >= 0.6 is 0 Å². The minimum absolute atomic E-state index is 0.0662. The van der Waals surface area contributed by atoms with Crippen molar-refractivity contribution in [1.29, 1.82) is 0 Å². The second-order valence-corrected chi connectivity index (χ2v) is 6.92. The van der Waals surface area contributed by atoms with E-state index in [2.05, 4.69) is 20.8 Å². The van der Waals surface area contributed by atoms with E-state index in [1.165, 1.54) is 33.1 Å². The molecule has 11 heteroatoms. The second-order valence-electron chi connectivity index (χ2n) is 6.92. The van der Waals surface area contributed by atoms with Crippen LogP contribution in [0.15, 0.2) is 53.7 Å². The molecule has 0 bridgehead atoms.